The van der Waals surface area contributed by atoms with Crippen molar-refractivity contribution in [2.24, 2.45) is 7.05 Å². The van der Waals surface area contributed by atoms with Crippen molar-refractivity contribution in [2.45, 2.75) is 6.54 Å². The number of hydrogen-bond acceptors (Lipinski definition) is 3. The van der Waals surface area contributed by atoms with Gasteiger partial charge in [0.1, 0.15) is 0 Å². The lowest BCUT2D eigenvalue weighted by Crippen LogP contribution is -2.23. The number of hydrogen-bond donors (Lipinski definition) is 2. The van der Waals surface area contributed by atoms with Crippen molar-refractivity contribution in [2.75, 3.05) is 7.11 Å². The minimum absolute atomic E-state index is 0.0153. The molecule has 0 saturated carbocycles. The molecular formula is C14H16N2O3. The number of aryl methyl sites for hydroxylation is 1. The molecule has 0 fully saturated rings. The Morgan fingerprint density at radius 2 is 2.21 bits per heavy atom. The van der Waals surface area contributed by atoms with Crippen LogP contribution in [-0.2, 0) is 13.6 Å². The lowest BCUT2D eigenvalue weighted by atomic mass is 10.2. The minimum atomic E-state index is -0.209. The van der Waals surface area contributed by atoms with Gasteiger partial charge in [0.05, 0.1) is 13.7 Å². The second kappa shape index (κ2) is 5.48. The Morgan fingerprint density at radius 3 is 2.84 bits per heavy atom. The molecular weight excluding hydrogens is 244 g/mol. The van der Waals surface area contributed by atoms with Crippen molar-refractivity contribution in [3.8, 4) is 11.5 Å². The number of phenolic OH excluding ortho intramolecular Hbond substituents is 1. The minimum Gasteiger partial charge on any atom is -0.504 e. The van der Waals surface area contributed by atoms with Gasteiger partial charge >= 0.3 is 0 Å². The van der Waals surface area contributed by atoms with Crippen LogP contribution in [0.4, 0.5) is 0 Å². The number of rotatable bonds is 4. The maximum Gasteiger partial charge on any atom is 0.251 e. The van der Waals surface area contributed by atoms with E-state index in [9.17, 15) is 9.90 Å². The van der Waals surface area contributed by atoms with Crippen LogP contribution in [0.5, 0.6) is 11.5 Å². The molecule has 1 amide bonds. The van der Waals surface area contributed by atoms with Crippen molar-refractivity contribution >= 4 is 5.91 Å². The number of nitrogens with zero attached hydrogens (tertiary/aromatic N) is 1. The molecule has 0 saturated heterocycles. The summed E-state index contributed by atoms with van der Waals surface area (Å²) in [5.74, 6) is 0.0903. The SMILES string of the molecule is COc1cc(C(=O)NCc2cccn2C)ccc1O. The van der Waals surface area contributed by atoms with E-state index < -0.39 is 0 Å². The molecule has 2 aromatic rings. The molecule has 1 aromatic carbocycles. The highest BCUT2D eigenvalue weighted by atomic mass is 16.5. The van der Waals surface area contributed by atoms with Crippen LogP contribution in [0.15, 0.2) is 36.5 Å². The average Bonchev–Trinajstić information content (AvgIpc) is 2.82. The summed E-state index contributed by atoms with van der Waals surface area (Å²) < 4.78 is 6.91. The fraction of sp³-hybridized carbons (Fsp3) is 0.214. The van der Waals surface area contributed by atoms with E-state index in [2.05, 4.69) is 5.32 Å². The molecule has 0 bridgehead atoms. The molecule has 0 atom stereocenters. The molecule has 0 aliphatic heterocycles. The molecule has 1 aromatic heterocycles. The molecule has 1 heterocycles. The van der Waals surface area contributed by atoms with Gasteiger partial charge in [-0.05, 0) is 30.3 Å². The molecule has 0 aliphatic carbocycles. The monoisotopic (exact) mass is 260 g/mol. The Bertz CT molecular complexity index is 590. The molecule has 5 nitrogen and oxygen atoms in total. The van der Waals surface area contributed by atoms with Crippen LogP contribution in [0.1, 0.15) is 16.1 Å². The molecule has 5 heteroatoms. The number of carbonyl (C=O) groups excluding carboxylic acids is 1. The van der Waals surface area contributed by atoms with Gasteiger partial charge in [-0.3, -0.25) is 4.79 Å². The van der Waals surface area contributed by atoms with Gasteiger partial charge in [0.25, 0.3) is 5.91 Å². The number of ether oxygens (including phenoxy) is 1. The Morgan fingerprint density at radius 1 is 1.42 bits per heavy atom. The third kappa shape index (κ3) is 2.88. The lowest BCUT2D eigenvalue weighted by Gasteiger charge is -2.08. The third-order valence-corrected chi connectivity index (χ3v) is 2.92. The quantitative estimate of drug-likeness (QED) is 0.879. The second-order valence-corrected chi connectivity index (χ2v) is 4.18. The standard InChI is InChI=1S/C14H16N2O3/c1-16-7-3-4-11(16)9-15-14(18)10-5-6-12(17)13(8-10)19-2/h3-8,17H,9H2,1-2H3,(H,15,18). The van der Waals surface area contributed by atoms with E-state index >= 15 is 0 Å². The van der Waals surface area contributed by atoms with Crippen LogP contribution in [0.25, 0.3) is 0 Å². The largest absolute Gasteiger partial charge is 0.504 e. The van der Waals surface area contributed by atoms with E-state index in [4.69, 9.17) is 4.74 Å². The van der Waals surface area contributed by atoms with E-state index in [1.807, 2.05) is 29.9 Å². The van der Waals surface area contributed by atoms with Gasteiger partial charge < -0.3 is 19.7 Å². The van der Waals surface area contributed by atoms with Crippen LogP contribution in [0.3, 0.4) is 0 Å². The van der Waals surface area contributed by atoms with Crippen LogP contribution in [-0.4, -0.2) is 22.7 Å². The molecule has 0 aliphatic rings. The Hall–Kier alpha value is -2.43. The first-order chi connectivity index (χ1) is 9.11. The van der Waals surface area contributed by atoms with E-state index in [0.29, 0.717) is 12.1 Å². The summed E-state index contributed by atoms with van der Waals surface area (Å²) in [5, 5.41) is 12.3. The van der Waals surface area contributed by atoms with E-state index in [-0.39, 0.29) is 17.4 Å². The van der Waals surface area contributed by atoms with E-state index in [0.717, 1.165) is 5.69 Å². The zero-order valence-corrected chi connectivity index (χ0v) is 10.9. The number of methoxy groups -OCH3 is 1. The first-order valence-electron chi connectivity index (χ1n) is 5.87. The van der Waals surface area contributed by atoms with E-state index in [1.165, 1.54) is 19.2 Å². The highest BCUT2D eigenvalue weighted by molar-refractivity contribution is 5.94. The summed E-state index contributed by atoms with van der Waals surface area (Å²) in [4.78, 5) is 12.0. The van der Waals surface area contributed by atoms with Crippen LogP contribution >= 0.6 is 0 Å². The molecule has 0 radical (unpaired) electrons. The zero-order valence-electron chi connectivity index (χ0n) is 10.9. The molecule has 19 heavy (non-hydrogen) atoms. The highest BCUT2D eigenvalue weighted by Crippen LogP contribution is 2.26. The normalized spacial score (nSPS) is 10.2. The fourth-order valence-electron chi connectivity index (χ4n) is 1.77. The molecule has 2 N–H and O–H groups in total. The summed E-state index contributed by atoms with van der Waals surface area (Å²) in [6, 6.07) is 8.37. The van der Waals surface area contributed by atoms with Crippen molar-refractivity contribution in [1.29, 1.82) is 0 Å². The van der Waals surface area contributed by atoms with Crippen molar-refractivity contribution in [3.63, 3.8) is 0 Å². The number of aromatic hydroxyl groups is 1. The maximum absolute atomic E-state index is 12.0. The smallest absolute Gasteiger partial charge is 0.251 e. The maximum atomic E-state index is 12.0. The first kappa shape index (κ1) is 13.0. The molecule has 0 spiro atoms. The highest BCUT2D eigenvalue weighted by Gasteiger charge is 2.09. The number of amides is 1. The van der Waals surface area contributed by atoms with E-state index in [1.54, 1.807) is 6.07 Å². The average molecular weight is 260 g/mol. The molecule has 0 unspecified atom stereocenters. The summed E-state index contributed by atoms with van der Waals surface area (Å²) in [7, 11) is 3.37. The number of benzene rings is 1. The number of nitrogens with one attached hydrogen (secondary N) is 1. The van der Waals surface area contributed by atoms with Crippen LogP contribution in [0.2, 0.25) is 0 Å². The van der Waals surface area contributed by atoms with Gasteiger partial charge in [0.15, 0.2) is 11.5 Å². The first-order valence-corrected chi connectivity index (χ1v) is 5.87. The number of phenols is 1. The third-order valence-electron chi connectivity index (χ3n) is 2.92. The Labute approximate surface area is 111 Å². The number of carbonyl (C=O) groups is 1. The van der Waals surface area contributed by atoms with Gasteiger partial charge in [-0.1, -0.05) is 0 Å². The summed E-state index contributed by atoms with van der Waals surface area (Å²) in [6.45, 7) is 0.450. The Kier molecular flexibility index (Phi) is 3.75. The fourth-order valence-corrected chi connectivity index (χ4v) is 1.77. The van der Waals surface area contributed by atoms with Crippen molar-refractivity contribution in [1.82, 2.24) is 9.88 Å². The topological polar surface area (TPSA) is 63.5 Å². The second-order valence-electron chi connectivity index (χ2n) is 4.18. The summed E-state index contributed by atoms with van der Waals surface area (Å²) in [5.41, 5.74) is 1.46. The summed E-state index contributed by atoms with van der Waals surface area (Å²) in [6.07, 6.45) is 1.92. The van der Waals surface area contributed by atoms with Gasteiger partial charge in [-0.15, -0.1) is 0 Å². The van der Waals surface area contributed by atoms with Crippen LogP contribution in [0, 0.1) is 0 Å². The van der Waals surface area contributed by atoms with Gasteiger partial charge in [-0.25, -0.2) is 0 Å². The van der Waals surface area contributed by atoms with Gasteiger partial charge in [0, 0.05) is 24.5 Å². The zero-order chi connectivity index (χ0) is 13.8. The van der Waals surface area contributed by atoms with Crippen LogP contribution < -0.4 is 10.1 Å². The predicted molar refractivity (Wildman–Crippen MR) is 71.2 cm³/mol. The van der Waals surface area contributed by atoms with Gasteiger partial charge in [-0.2, -0.15) is 0 Å². The lowest BCUT2D eigenvalue weighted by molar-refractivity contribution is 0.0950. The molecule has 100 valence electrons. The molecule has 2 rings (SSSR count). The Balaban J connectivity index is 2.06. The summed E-state index contributed by atoms with van der Waals surface area (Å²) >= 11 is 0. The predicted octanol–water partition coefficient (Wildman–Crippen LogP) is 1.67. The van der Waals surface area contributed by atoms with Crippen molar-refractivity contribution in [3.05, 3.63) is 47.8 Å². The van der Waals surface area contributed by atoms with Crippen molar-refractivity contribution < 1.29 is 14.6 Å². The van der Waals surface area contributed by atoms with Gasteiger partial charge in [0.2, 0.25) is 0 Å². The number of aromatic nitrogens is 1.